The molecule has 2 amide bonds. The number of nitrogens with zero attached hydrogens (tertiary/aromatic N) is 1. The number of anilines is 2. The van der Waals surface area contributed by atoms with Gasteiger partial charge >= 0.3 is 0 Å². The number of hydrogen-bond acceptors (Lipinski definition) is 3. The molecule has 1 aliphatic heterocycles. The van der Waals surface area contributed by atoms with Crippen LogP contribution in [0.25, 0.3) is 0 Å². The van der Waals surface area contributed by atoms with E-state index in [2.05, 4.69) is 5.32 Å². The Bertz CT molecular complexity index is 1130. The van der Waals surface area contributed by atoms with Crippen LogP contribution in [0.1, 0.15) is 28.4 Å². The van der Waals surface area contributed by atoms with Gasteiger partial charge in [-0.3, -0.25) is 9.59 Å². The van der Waals surface area contributed by atoms with Gasteiger partial charge in [-0.1, -0.05) is 41.9 Å². The van der Waals surface area contributed by atoms with Gasteiger partial charge in [0.15, 0.2) is 6.10 Å². The van der Waals surface area contributed by atoms with Gasteiger partial charge in [0.05, 0.1) is 12.2 Å². The normalized spacial score (nSPS) is 15.4. The number of benzene rings is 3. The van der Waals surface area contributed by atoms with Crippen LogP contribution >= 0.6 is 11.6 Å². The van der Waals surface area contributed by atoms with Crippen LogP contribution in [-0.4, -0.2) is 17.9 Å². The molecular weight excluding hydrogens is 400 g/mol. The Hall–Kier alpha value is -3.31. The fourth-order valence-corrected chi connectivity index (χ4v) is 3.63. The van der Waals surface area contributed by atoms with Crippen molar-refractivity contribution >= 4 is 34.8 Å². The predicted octanol–water partition coefficient (Wildman–Crippen LogP) is 5.21. The molecular formula is C24H21ClN2O3. The van der Waals surface area contributed by atoms with Gasteiger partial charge in [-0.2, -0.15) is 0 Å². The number of carbonyl (C=O) groups is 2. The van der Waals surface area contributed by atoms with E-state index in [0.717, 1.165) is 11.1 Å². The molecule has 1 heterocycles. The Morgan fingerprint density at radius 1 is 1.10 bits per heavy atom. The minimum absolute atomic E-state index is 0.121. The maximum absolute atomic E-state index is 12.9. The number of nitrogens with one attached hydrogen (secondary N) is 1. The van der Waals surface area contributed by atoms with Crippen LogP contribution in [0.3, 0.4) is 0 Å². The van der Waals surface area contributed by atoms with Crippen molar-refractivity contribution in [2.45, 2.75) is 26.5 Å². The molecule has 1 atom stereocenters. The fourth-order valence-electron chi connectivity index (χ4n) is 3.44. The van der Waals surface area contributed by atoms with Gasteiger partial charge in [0.25, 0.3) is 11.8 Å². The van der Waals surface area contributed by atoms with Crippen molar-refractivity contribution in [3.05, 3.63) is 88.4 Å². The number of hydrogen-bond donors (Lipinski definition) is 1. The van der Waals surface area contributed by atoms with E-state index in [1.807, 2.05) is 31.2 Å². The summed E-state index contributed by atoms with van der Waals surface area (Å²) in [6.07, 6.45) is -0.576. The van der Waals surface area contributed by atoms with Crippen LogP contribution in [0.4, 0.5) is 11.4 Å². The standard InChI is InChI=1S/C24H21ClN2O3/c1-15-6-3-4-7-18(15)14-27-21-13-20(10-11-22(21)30-16(2)24(27)29)26-23(28)17-8-5-9-19(25)12-17/h3-13,16H,14H2,1-2H3,(H,26,28). The van der Waals surface area contributed by atoms with Crippen LogP contribution in [0, 0.1) is 6.92 Å². The van der Waals surface area contributed by atoms with Crippen molar-refractivity contribution in [2.75, 3.05) is 10.2 Å². The van der Waals surface area contributed by atoms with Gasteiger partial charge < -0.3 is 15.0 Å². The zero-order valence-electron chi connectivity index (χ0n) is 16.7. The average Bonchev–Trinajstić information content (AvgIpc) is 2.73. The molecule has 1 aliphatic rings. The lowest BCUT2D eigenvalue weighted by Gasteiger charge is -2.33. The van der Waals surface area contributed by atoms with Gasteiger partial charge in [-0.15, -0.1) is 0 Å². The van der Waals surface area contributed by atoms with Gasteiger partial charge in [0, 0.05) is 16.3 Å². The number of fused-ring (bicyclic) bond motifs is 1. The predicted molar refractivity (Wildman–Crippen MR) is 118 cm³/mol. The van der Waals surface area contributed by atoms with E-state index in [1.165, 1.54) is 0 Å². The third-order valence-corrected chi connectivity index (χ3v) is 5.34. The fraction of sp³-hybridized carbons (Fsp3) is 0.167. The third-order valence-electron chi connectivity index (χ3n) is 5.10. The molecule has 0 bridgehead atoms. The first-order valence-electron chi connectivity index (χ1n) is 9.66. The second kappa shape index (κ2) is 8.20. The Morgan fingerprint density at radius 3 is 2.67 bits per heavy atom. The van der Waals surface area contributed by atoms with Crippen LogP contribution in [0.15, 0.2) is 66.7 Å². The minimum Gasteiger partial charge on any atom is -0.479 e. The molecule has 0 radical (unpaired) electrons. The highest BCUT2D eigenvalue weighted by atomic mass is 35.5. The first-order chi connectivity index (χ1) is 14.4. The topological polar surface area (TPSA) is 58.6 Å². The van der Waals surface area contributed by atoms with E-state index in [1.54, 1.807) is 54.3 Å². The molecule has 5 nitrogen and oxygen atoms in total. The van der Waals surface area contributed by atoms with E-state index in [0.29, 0.717) is 34.3 Å². The lowest BCUT2D eigenvalue weighted by atomic mass is 10.1. The van der Waals surface area contributed by atoms with E-state index >= 15 is 0 Å². The summed E-state index contributed by atoms with van der Waals surface area (Å²) < 4.78 is 5.78. The van der Waals surface area contributed by atoms with Crippen molar-refractivity contribution in [1.82, 2.24) is 0 Å². The third kappa shape index (κ3) is 4.02. The number of ether oxygens (including phenoxy) is 1. The highest BCUT2D eigenvalue weighted by Gasteiger charge is 2.32. The summed E-state index contributed by atoms with van der Waals surface area (Å²) in [4.78, 5) is 27.2. The summed E-state index contributed by atoms with van der Waals surface area (Å²) in [6, 6.07) is 20.0. The quantitative estimate of drug-likeness (QED) is 0.629. The maximum atomic E-state index is 12.9. The minimum atomic E-state index is -0.576. The van der Waals surface area contributed by atoms with Gasteiger partial charge in [0.2, 0.25) is 0 Å². The van der Waals surface area contributed by atoms with Crippen molar-refractivity contribution in [1.29, 1.82) is 0 Å². The molecule has 0 saturated carbocycles. The molecule has 152 valence electrons. The van der Waals surface area contributed by atoms with Crippen molar-refractivity contribution in [3.63, 3.8) is 0 Å². The van der Waals surface area contributed by atoms with Gasteiger partial charge in [-0.05, 0) is 61.4 Å². The van der Waals surface area contributed by atoms with Crippen molar-refractivity contribution in [3.8, 4) is 5.75 Å². The summed E-state index contributed by atoms with van der Waals surface area (Å²) in [7, 11) is 0. The molecule has 0 saturated heterocycles. The van der Waals surface area contributed by atoms with Crippen molar-refractivity contribution in [2.24, 2.45) is 0 Å². The molecule has 1 N–H and O–H groups in total. The number of halogens is 1. The number of amides is 2. The second-order valence-corrected chi connectivity index (χ2v) is 7.69. The Kier molecular flexibility index (Phi) is 5.46. The first-order valence-corrected chi connectivity index (χ1v) is 10.0. The molecule has 3 aromatic carbocycles. The molecule has 0 aliphatic carbocycles. The number of rotatable bonds is 4. The average molecular weight is 421 g/mol. The van der Waals surface area contributed by atoms with Crippen LogP contribution in [0.2, 0.25) is 5.02 Å². The van der Waals surface area contributed by atoms with E-state index in [-0.39, 0.29) is 11.8 Å². The molecule has 3 aromatic rings. The maximum Gasteiger partial charge on any atom is 0.268 e. The van der Waals surface area contributed by atoms with E-state index < -0.39 is 6.10 Å². The van der Waals surface area contributed by atoms with Crippen molar-refractivity contribution < 1.29 is 14.3 Å². The van der Waals surface area contributed by atoms with Gasteiger partial charge in [0.1, 0.15) is 5.75 Å². The molecule has 1 unspecified atom stereocenters. The highest BCUT2D eigenvalue weighted by Crippen LogP contribution is 2.37. The smallest absolute Gasteiger partial charge is 0.268 e. The summed E-state index contributed by atoms with van der Waals surface area (Å²) in [5.74, 6) is 0.208. The van der Waals surface area contributed by atoms with E-state index in [9.17, 15) is 9.59 Å². The molecule has 0 fully saturated rings. The molecule has 6 heteroatoms. The lowest BCUT2D eigenvalue weighted by Crippen LogP contribution is -2.44. The second-order valence-electron chi connectivity index (χ2n) is 7.26. The molecule has 0 spiro atoms. The zero-order valence-corrected chi connectivity index (χ0v) is 17.4. The molecule has 4 rings (SSSR count). The van der Waals surface area contributed by atoms with Crippen LogP contribution in [0.5, 0.6) is 5.75 Å². The SMILES string of the molecule is Cc1ccccc1CN1C(=O)C(C)Oc2ccc(NC(=O)c3cccc(Cl)c3)cc21. The largest absolute Gasteiger partial charge is 0.479 e. The Morgan fingerprint density at radius 2 is 1.90 bits per heavy atom. The van der Waals surface area contributed by atoms with Crippen LogP contribution < -0.4 is 15.0 Å². The first kappa shape index (κ1) is 20.0. The van der Waals surface area contributed by atoms with Gasteiger partial charge in [-0.25, -0.2) is 0 Å². The highest BCUT2D eigenvalue weighted by molar-refractivity contribution is 6.31. The Balaban J connectivity index is 1.65. The lowest BCUT2D eigenvalue weighted by molar-refractivity contribution is -0.125. The summed E-state index contributed by atoms with van der Waals surface area (Å²) in [5.41, 5.74) is 3.82. The van der Waals surface area contributed by atoms with E-state index in [4.69, 9.17) is 16.3 Å². The number of aryl methyl sites for hydroxylation is 1. The summed E-state index contributed by atoms with van der Waals surface area (Å²) in [6.45, 7) is 4.19. The summed E-state index contributed by atoms with van der Waals surface area (Å²) >= 11 is 5.98. The Labute approximate surface area is 180 Å². The van der Waals surface area contributed by atoms with Crippen LogP contribution in [-0.2, 0) is 11.3 Å². The molecule has 30 heavy (non-hydrogen) atoms. The molecule has 0 aromatic heterocycles. The number of carbonyl (C=O) groups excluding carboxylic acids is 2. The monoisotopic (exact) mass is 420 g/mol. The zero-order chi connectivity index (χ0) is 21.3. The summed E-state index contributed by atoms with van der Waals surface area (Å²) in [5, 5.41) is 3.36.